The molecule has 2 rings (SSSR count). The van der Waals surface area contributed by atoms with E-state index in [-0.39, 0.29) is 11.1 Å². The second kappa shape index (κ2) is 6.18. The highest BCUT2D eigenvalue weighted by molar-refractivity contribution is 5.93. The van der Waals surface area contributed by atoms with Gasteiger partial charge in [-0.05, 0) is 29.3 Å². The van der Waals surface area contributed by atoms with E-state index in [0.29, 0.717) is 6.07 Å². The highest BCUT2D eigenvalue weighted by Gasteiger charge is 2.37. The summed E-state index contributed by atoms with van der Waals surface area (Å²) in [4.78, 5) is 11.6. The van der Waals surface area contributed by atoms with E-state index in [2.05, 4.69) is 4.74 Å². The number of methoxy groups -OCH3 is 1. The second-order valence-corrected chi connectivity index (χ2v) is 4.79. The van der Waals surface area contributed by atoms with Crippen molar-refractivity contribution >= 4 is 5.97 Å². The van der Waals surface area contributed by atoms with Crippen LogP contribution in [0.5, 0.6) is 0 Å². The van der Waals surface area contributed by atoms with Crippen LogP contribution in [-0.4, -0.2) is 13.1 Å². The standard InChI is InChI=1S/C16H10F6O2/c1-24-14(23)11-8-9(6-7-13(11)16(20,21)22)10-4-2-3-5-12(10)15(17,18)19/h2-8H,1H3. The van der Waals surface area contributed by atoms with Crippen LogP contribution >= 0.6 is 0 Å². The lowest BCUT2D eigenvalue weighted by Gasteiger charge is -2.16. The predicted molar refractivity (Wildman–Crippen MR) is 73.2 cm³/mol. The molecule has 0 heterocycles. The van der Waals surface area contributed by atoms with Gasteiger partial charge in [0.25, 0.3) is 0 Å². The first kappa shape index (κ1) is 17.8. The molecule has 0 radical (unpaired) electrons. The lowest BCUT2D eigenvalue weighted by Crippen LogP contribution is -2.14. The minimum atomic E-state index is -4.84. The Balaban J connectivity index is 2.69. The zero-order valence-corrected chi connectivity index (χ0v) is 12.1. The Hall–Kier alpha value is -2.51. The van der Waals surface area contributed by atoms with Crippen LogP contribution in [0.15, 0.2) is 42.5 Å². The van der Waals surface area contributed by atoms with Gasteiger partial charge in [-0.2, -0.15) is 26.3 Å². The molecule has 0 fully saturated rings. The van der Waals surface area contributed by atoms with Crippen LogP contribution in [0.25, 0.3) is 11.1 Å². The third kappa shape index (κ3) is 3.52. The third-order valence-corrected chi connectivity index (χ3v) is 3.27. The molecule has 0 N–H and O–H groups in total. The maximum absolute atomic E-state index is 13.1. The Morgan fingerprint density at radius 3 is 2.00 bits per heavy atom. The van der Waals surface area contributed by atoms with Gasteiger partial charge in [-0.25, -0.2) is 4.79 Å². The highest BCUT2D eigenvalue weighted by Crippen LogP contribution is 2.39. The number of alkyl halides is 6. The van der Waals surface area contributed by atoms with Crippen LogP contribution in [0.3, 0.4) is 0 Å². The van der Waals surface area contributed by atoms with Crippen molar-refractivity contribution in [1.82, 2.24) is 0 Å². The first-order valence-corrected chi connectivity index (χ1v) is 6.52. The fraction of sp³-hybridized carbons (Fsp3) is 0.188. The van der Waals surface area contributed by atoms with Gasteiger partial charge < -0.3 is 4.74 Å². The lowest BCUT2D eigenvalue weighted by atomic mass is 9.95. The third-order valence-electron chi connectivity index (χ3n) is 3.27. The van der Waals surface area contributed by atoms with Crippen LogP contribution in [0, 0.1) is 0 Å². The summed E-state index contributed by atoms with van der Waals surface area (Å²) in [5, 5.41) is 0. The Morgan fingerprint density at radius 2 is 1.46 bits per heavy atom. The first-order chi connectivity index (χ1) is 11.1. The molecule has 0 spiro atoms. The van der Waals surface area contributed by atoms with E-state index in [1.165, 1.54) is 6.07 Å². The Bertz CT molecular complexity index is 762. The monoisotopic (exact) mass is 348 g/mol. The molecule has 0 aliphatic carbocycles. The number of carbonyl (C=O) groups is 1. The zero-order chi connectivity index (χ0) is 18.1. The van der Waals surface area contributed by atoms with Crippen molar-refractivity contribution in [2.45, 2.75) is 12.4 Å². The van der Waals surface area contributed by atoms with Gasteiger partial charge in [0.2, 0.25) is 0 Å². The van der Waals surface area contributed by atoms with Crippen molar-refractivity contribution in [2.75, 3.05) is 7.11 Å². The molecule has 0 saturated heterocycles. The molecular formula is C16H10F6O2. The lowest BCUT2D eigenvalue weighted by molar-refractivity contribution is -0.138. The van der Waals surface area contributed by atoms with Gasteiger partial charge in [0.1, 0.15) is 0 Å². The summed E-state index contributed by atoms with van der Waals surface area (Å²) in [6.45, 7) is 0. The summed E-state index contributed by atoms with van der Waals surface area (Å²) in [5.74, 6) is -1.28. The molecule has 0 amide bonds. The number of hydrogen-bond acceptors (Lipinski definition) is 2. The van der Waals surface area contributed by atoms with Crippen molar-refractivity contribution in [3.05, 3.63) is 59.2 Å². The fourth-order valence-corrected chi connectivity index (χ4v) is 2.22. The number of carbonyl (C=O) groups excluding carboxylic acids is 1. The minimum absolute atomic E-state index is 0.170. The molecule has 24 heavy (non-hydrogen) atoms. The van der Waals surface area contributed by atoms with Crippen LogP contribution in [0.4, 0.5) is 26.3 Å². The molecule has 128 valence electrons. The highest BCUT2D eigenvalue weighted by atomic mass is 19.4. The average molecular weight is 348 g/mol. The largest absolute Gasteiger partial charge is 0.465 e. The van der Waals surface area contributed by atoms with Gasteiger partial charge in [0.05, 0.1) is 23.8 Å². The van der Waals surface area contributed by atoms with Crippen molar-refractivity contribution < 1.29 is 35.9 Å². The number of ether oxygens (including phenoxy) is 1. The number of rotatable bonds is 2. The topological polar surface area (TPSA) is 26.3 Å². The number of benzene rings is 2. The van der Waals surface area contributed by atoms with Crippen molar-refractivity contribution in [3.63, 3.8) is 0 Å². The molecule has 8 heteroatoms. The predicted octanol–water partition coefficient (Wildman–Crippen LogP) is 5.18. The van der Waals surface area contributed by atoms with Crippen molar-refractivity contribution in [2.24, 2.45) is 0 Å². The van der Waals surface area contributed by atoms with E-state index in [1.54, 1.807) is 0 Å². The van der Waals surface area contributed by atoms with Crippen LogP contribution in [0.2, 0.25) is 0 Å². The second-order valence-electron chi connectivity index (χ2n) is 4.79. The molecule has 0 aromatic heterocycles. The van der Waals surface area contributed by atoms with Crippen molar-refractivity contribution in [3.8, 4) is 11.1 Å². The molecule has 0 unspecified atom stereocenters. The molecule has 0 saturated carbocycles. The van der Waals surface area contributed by atoms with Crippen LogP contribution < -0.4 is 0 Å². The van der Waals surface area contributed by atoms with Gasteiger partial charge in [-0.1, -0.05) is 24.3 Å². The number of halogens is 6. The maximum atomic E-state index is 13.1. The Labute approximate surface area is 132 Å². The van der Waals surface area contributed by atoms with E-state index in [1.807, 2.05) is 0 Å². The van der Waals surface area contributed by atoms with Crippen molar-refractivity contribution in [1.29, 1.82) is 0 Å². The fourth-order valence-electron chi connectivity index (χ4n) is 2.22. The molecule has 2 aromatic rings. The molecule has 0 aliphatic heterocycles. The van der Waals surface area contributed by atoms with E-state index in [9.17, 15) is 31.1 Å². The van der Waals surface area contributed by atoms with E-state index < -0.39 is 35.0 Å². The number of esters is 1. The molecule has 0 aliphatic rings. The Morgan fingerprint density at radius 1 is 0.875 bits per heavy atom. The summed E-state index contributed by atoms with van der Waals surface area (Å²) in [5.41, 5.74) is -3.64. The normalized spacial score (nSPS) is 12.1. The summed E-state index contributed by atoms with van der Waals surface area (Å²) in [6, 6.07) is 6.61. The van der Waals surface area contributed by atoms with E-state index in [4.69, 9.17) is 0 Å². The SMILES string of the molecule is COC(=O)c1cc(-c2ccccc2C(F)(F)F)ccc1C(F)(F)F. The van der Waals surface area contributed by atoms with Crippen LogP contribution in [-0.2, 0) is 17.1 Å². The molecule has 0 atom stereocenters. The zero-order valence-electron chi connectivity index (χ0n) is 12.1. The molecular weight excluding hydrogens is 338 g/mol. The minimum Gasteiger partial charge on any atom is -0.465 e. The van der Waals surface area contributed by atoms with Gasteiger partial charge in [0, 0.05) is 0 Å². The number of hydrogen-bond donors (Lipinski definition) is 0. The maximum Gasteiger partial charge on any atom is 0.417 e. The van der Waals surface area contributed by atoms with E-state index in [0.717, 1.165) is 37.4 Å². The smallest absolute Gasteiger partial charge is 0.417 e. The van der Waals surface area contributed by atoms with E-state index >= 15 is 0 Å². The summed E-state index contributed by atoms with van der Waals surface area (Å²) in [6.07, 6.45) is -9.53. The van der Waals surface area contributed by atoms with Gasteiger partial charge in [0.15, 0.2) is 0 Å². The van der Waals surface area contributed by atoms with Gasteiger partial charge in [-0.3, -0.25) is 0 Å². The van der Waals surface area contributed by atoms with Crippen LogP contribution in [0.1, 0.15) is 21.5 Å². The van der Waals surface area contributed by atoms with Gasteiger partial charge in [-0.15, -0.1) is 0 Å². The Kier molecular flexibility index (Phi) is 4.59. The summed E-state index contributed by atoms with van der Waals surface area (Å²) in [7, 11) is 0.888. The molecule has 2 nitrogen and oxygen atoms in total. The summed E-state index contributed by atoms with van der Waals surface area (Å²) < 4.78 is 82.3. The first-order valence-electron chi connectivity index (χ1n) is 6.52. The van der Waals surface area contributed by atoms with Gasteiger partial charge >= 0.3 is 18.3 Å². The average Bonchev–Trinajstić information content (AvgIpc) is 2.52. The summed E-state index contributed by atoms with van der Waals surface area (Å²) >= 11 is 0. The molecule has 0 bridgehead atoms. The molecule has 2 aromatic carbocycles. The quantitative estimate of drug-likeness (QED) is 0.552.